The highest BCUT2D eigenvalue weighted by Crippen LogP contribution is 2.30. The van der Waals surface area contributed by atoms with Gasteiger partial charge in [0, 0.05) is 37.6 Å². The number of rotatable bonds is 10. The van der Waals surface area contributed by atoms with Crippen LogP contribution in [0.1, 0.15) is 27.7 Å². The monoisotopic (exact) mass is 457 g/mol. The van der Waals surface area contributed by atoms with Crippen LogP contribution < -0.4 is 15.4 Å². The number of aryl methyl sites for hydroxylation is 1. The number of anilines is 2. The van der Waals surface area contributed by atoms with Crippen LogP contribution in [-0.4, -0.2) is 48.7 Å². The van der Waals surface area contributed by atoms with Crippen molar-refractivity contribution in [3.63, 3.8) is 0 Å². The molecule has 11 heteroatoms. The van der Waals surface area contributed by atoms with Crippen LogP contribution >= 0.6 is 11.8 Å². The molecule has 0 bridgehead atoms. The SMILES string of the molecule is CCOc1nn(CC)cc1-c1nnc(SCC(=O)Nc2ccc(NC(C)=O)cc2)n1CC. The Morgan fingerprint density at radius 3 is 2.31 bits per heavy atom. The predicted octanol–water partition coefficient (Wildman–Crippen LogP) is 3.27. The maximum absolute atomic E-state index is 12.4. The standard InChI is InChI=1S/C21H27N7O3S/c1-5-27-12-17(20(26-27)31-7-3)19-24-25-21(28(19)6-2)32-13-18(30)23-16-10-8-15(9-11-16)22-14(4)29/h8-12H,5-7,13H2,1-4H3,(H,22,29)(H,23,30). The Bertz CT molecular complexity index is 1080. The van der Waals surface area contributed by atoms with Gasteiger partial charge in [0.1, 0.15) is 5.56 Å². The zero-order valence-corrected chi connectivity index (χ0v) is 19.4. The molecule has 0 radical (unpaired) electrons. The quantitative estimate of drug-likeness (QED) is 0.449. The van der Waals surface area contributed by atoms with E-state index in [1.165, 1.54) is 18.7 Å². The van der Waals surface area contributed by atoms with Crippen LogP contribution in [0.2, 0.25) is 0 Å². The average Bonchev–Trinajstić information content (AvgIpc) is 3.36. The molecule has 3 rings (SSSR count). The van der Waals surface area contributed by atoms with Gasteiger partial charge in [0.15, 0.2) is 11.0 Å². The second-order valence-electron chi connectivity index (χ2n) is 6.78. The first-order valence-electron chi connectivity index (χ1n) is 10.4. The van der Waals surface area contributed by atoms with Gasteiger partial charge in [-0.05, 0) is 45.0 Å². The van der Waals surface area contributed by atoms with Gasteiger partial charge in [-0.2, -0.15) is 0 Å². The number of thioether (sulfide) groups is 1. The van der Waals surface area contributed by atoms with Crippen molar-refractivity contribution >= 4 is 35.0 Å². The molecule has 3 aromatic rings. The van der Waals surface area contributed by atoms with E-state index < -0.39 is 0 Å². The van der Waals surface area contributed by atoms with Crippen molar-refractivity contribution in [3.05, 3.63) is 30.5 Å². The number of benzene rings is 1. The molecule has 0 aliphatic rings. The predicted molar refractivity (Wildman–Crippen MR) is 124 cm³/mol. The van der Waals surface area contributed by atoms with Crippen molar-refractivity contribution in [3.8, 4) is 17.3 Å². The van der Waals surface area contributed by atoms with Crippen LogP contribution in [0, 0.1) is 0 Å². The number of hydrogen-bond acceptors (Lipinski definition) is 7. The fourth-order valence-electron chi connectivity index (χ4n) is 3.01. The van der Waals surface area contributed by atoms with Crippen LogP contribution in [0.15, 0.2) is 35.6 Å². The molecule has 170 valence electrons. The molecule has 32 heavy (non-hydrogen) atoms. The van der Waals surface area contributed by atoms with Crippen LogP contribution in [0.4, 0.5) is 11.4 Å². The van der Waals surface area contributed by atoms with Crippen molar-refractivity contribution in [2.75, 3.05) is 23.0 Å². The molecule has 0 aliphatic carbocycles. The summed E-state index contributed by atoms with van der Waals surface area (Å²) in [4.78, 5) is 23.5. The van der Waals surface area contributed by atoms with E-state index >= 15 is 0 Å². The number of carbonyl (C=O) groups is 2. The normalized spacial score (nSPS) is 10.8. The Balaban J connectivity index is 1.67. The van der Waals surface area contributed by atoms with Gasteiger partial charge in [-0.1, -0.05) is 11.8 Å². The molecule has 0 saturated carbocycles. The van der Waals surface area contributed by atoms with Crippen molar-refractivity contribution in [1.82, 2.24) is 24.5 Å². The molecule has 2 aromatic heterocycles. The van der Waals surface area contributed by atoms with E-state index in [2.05, 4.69) is 25.9 Å². The van der Waals surface area contributed by atoms with E-state index in [1.54, 1.807) is 28.9 Å². The van der Waals surface area contributed by atoms with Crippen LogP contribution in [0.5, 0.6) is 5.88 Å². The lowest BCUT2D eigenvalue weighted by molar-refractivity contribution is -0.114. The van der Waals surface area contributed by atoms with E-state index in [0.29, 0.717) is 47.9 Å². The van der Waals surface area contributed by atoms with Crippen LogP contribution in [0.25, 0.3) is 11.4 Å². The smallest absolute Gasteiger partial charge is 0.243 e. The average molecular weight is 458 g/mol. The summed E-state index contributed by atoms with van der Waals surface area (Å²) in [5, 5.41) is 19.2. The summed E-state index contributed by atoms with van der Waals surface area (Å²) < 4.78 is 9.41. The summed E-state index contributed by atoms with van der Waals surface area (Å²) in [6, 6.07) is 6.94. The Labute approximate surface area is 190 Å². The van der Waals surface area contributed by atoms with Crippen molar-refractivity contribution in [2.24, 2.45) is 0 Å². The molecule has 0 unspecified atom stereocenters. The lowest BCUT2D eigenvalue weighted by Crippen LogP contribution is -2.14. The molecular formula is C21H27N7O3S. The van der Waals surface area contributed by atoms with Crippen molar-refractivity contribution in [2.45, 2.75) is 45.9 Å². The Morgan fingerprint density at radius 1 is 1.03 bits per heavy atom. The first-order chi connectivity index (χ1) is 15.4. The minimum absolute atomic E-state index is 0.145. The third kappa shape index (κ3) is 5.67. The molecular weight excluding hydrogens is 430 g/mol. The van der Waals surface area contributed by atoms with E-state index in [0.717, 1.165) is 5.56 Å². The summed E-state index contributed by atoms with van der Waals surface area (Å²) in [7, 11) is 0. The Morgan fingerprint density at radius 2 is 1.72 bits per heavy atom. The number of nitrogens with one attached hydrogen (secondary N) is 2. The second-order valence-corrected chi connectivity index (χ2v) is 7.72. The number of carbonyl (C=O) groups excluding carboxylic acids is 2. The summed E-state index contributed by atoms with van der Waals surface area (Å²) in [5.74, 6) is 1.05. The molecule has 0 saturated heterocycles. The second kappa shape index (κ2) is 10.8. The van der Waals surface area contributed by atoms with Crippen LogP contribution in [-0.2, 0) is 22.7 Å². The minimum atomic E-state index is -0.164. The van der Waals surface area contributed by atoms with Gasteiger partial charge in [-0.15, -0.1) is 15.3 Å². The minimum Gasteiger partial charge on any atom is -0.476 e. The molecule has 0 spiro atoms. The topological polar surface area (TPSA) is 116 Å². The van der Waals surface area contributed by atoms with Crippen LogP contribution in [0.3, 0.4) is 0 Å². The molecule has 1 aromatic carbocycles. The van der Waals surface area contributed by atoms with Gasteiger partial charge in [-0.3, -0.25) is 14.3 Å². The summed E-state index contributed by atoms with van der Waals surface area (Å²) in [5.41, 5.74) is 2.10. The number of hydrogen-bond donors (Lipinski definition) is 2. The fraction of sp³-hybridized carbons (Fsp3) is 0.381. The Kier molecular flexibility index (Phi) is 7.87. The van der Waals surface area contributed by atoms with E-state index in [-0.39, 0.29) is 17.6 Å². The van der Waals surface area contributed by atoms with Gasteiger partial charge in [0.05, 0.1) is 12.4 Å². The lowest BCUT2D eigenvalue weighted by atomic mass is 10.3. The molecule has 10 nitrogen and oxygen atoms in total. The highest BCUT2D eigenvalue weighted by Gasteiger charge is 2.20. The fourth-order valence-corrected chi connectivity index (χ4v) is 3.81. The zero-order chi connectivity index (χ0) is 23.1. The maximum atomic E-state index is 12.4. The van der Waals surface area contributed by atoms with Gasteiger partial charge in [0.25, 0.3) is 0 Å². The summed E-state index contributed by atoms with van der Waals surface area (Å²) in [6.07, 6.45) is 1.90. The third-order valence-electron chi connectivity index (χ3n) is 4.43. The first-order valence-corrected chi connectivity index (χ1v) is 11.4. The molecule has 0 atom stereocenters. The first kappa shape index (κ1) is 23.3. The zero-order valence-electron chi connectivity index (χ0n) is 18.6. The molecule has 0 fully saturated rings. The van der Waals surface area contributed by atoms with E-state index in [1.807, 2.05) is 31.5 Å². The Hall–Kier alpha value is -3.34. The number of amides is 2. The number of aromatic nitrogens is 5. The largest absolute Gasteiger partial charge is 0.476 e. The molecule has 2 heterocycles. The van der Waals surface area contributed by atoms with Crippen molar-refractivity contribution in [1.29, 1.82) is 0 Å². The third-order valence-corrected chi connectivity index (χ3v) is 5.39. The summed E-state index contributed by atoms with van der Waals surface area (Å²) >= 11 is 1.31. The highest BCUT2D eigenvalue weighted by molar-refractivity contribution is 7.99. The molecule has 2 N–H and O–H groups in total. The lowest BCUT2D eigenvalue weighted by Gasteiger charge is -2.08. The number of nitrogens with zero attached hydrogens (tertiary/aromatic N) is 5. The highest BCUT2D eigenvalue weighted by atomic mass is 32.2. The van der Waals surface area contributed by atoms with E-state index in [4.69, 9.17) is 4.74 Å². The van der Waals surface area contributed by atoms with Gasteiger partial charge < -0.3 is 19.9 Å². The van der Waals surface area contributed by atoms with Gasteiger partial charge >= 0.3 is 0 Å². The molecule has 2 amide bonds. The van der Waals surface area contributed by atoms with E-state index in [9.17, 15) is 9.59 Å². The number of ether oxygens (including phenoxy) is 1. The maximum Gasteiger partial charge on any atom is 0.243 e. The van der Waals surface area contributed by atoms with Gasteiger partial charge in [0.2, 0.25) is 17.7 Å². The van der Waals surface area contributed by atoms with Crippen molar-refractivity contribution < 1.29 is 14.3 Å². The summed E-state index contributed by atoms with van der Waals surface area (Å²) in [6.45, 7) is 9.21. The van der Waals surface area contributed by atoms with Gasteiger partial charge in [-0.25, -0.2) is 0 Å². The molecule has 0 aliphatic heterocycles.